The Hall–Kier alpha value is -1.13. The number of benzene rings is 1. The molecule has 0 aliphatic heterocycles. The lowest BCUT2D eigenvalue weighted by molar-refractivity contribution is 0.252. The largest absolute Gasteiger partial charge is 0.505 e. The van der Waals surface area contributed by atoms with Gasteiger partial charge in [-0.3, -0.25) is 0 Å². The number of urea groups is 1. The van der Waals surface area contributed by atoms with Gasteiger partial charge in [0.05, 0.1) is 10.0 Å². The van der Waals surface area contributed by atoms with Crippen molar-refractivity contribution in [3.63, 3.8) is 0 Å². The number of carbonyl (C=O) groups is 1. The highest BCUT2D eigenvalue weighted by molar-refractivity contribution is 6.37. The average Bonchev–Trinajstić information content (AvgIpc) is 2.74. The van der Waals surface area contributed by atoms with E-state index in [2.05, 4.69) is 17.6 Å². The number of hydrogen-bond acceptors (Lipinski definition) is 2. The monoisotopic (exact) mass is 472 g/mol. The summed E-state index contributed by atoms with van der Waals surface area (Å²) in [5, 5.41) is 15.3. The van der Waals surface area contributed by atoms with E-state index in [0.29, 0.717) is 12.2 Å². The van der Waals surface area contributed by atoms with Crippen LogP contribution >= 0.6 is 23.2 Å². The van der Waals surface area contributed by atoms with Crippen LogP contribution in [-0.4, -0.2) is 17.7 Å². The Morgan fingerprint density at radius 2 is 1.13 bits per heavy atom. The number of halogens is 2. The number of hydrogen-bond donors (Lipinski definition) is 3. The molecule has 4 nitrogen and oxygen atoms in total. The summed E-state index contributed by atoms with van der Waals surface area (Å²) in [5.74, 6) is -0.178. The minimum atomic E-state index is -0.293. The maximum atomic E-state index is 11.9. The molecule has 0 aromatic heterocycles. The van der Waals surface area contributed by atoms with Crippen LogP contribution in [0.1, 0.15) is 110 Å². The topological polar surface area (TPSA) is 61.4 Å². The molecule has 178 valence electrons. The predicted octanol–water partition coefficient (Wildman–Crippen LogP) is 9.08. The molecule has 0 aliphatic rings. The van der Waals surface area contributed by atoms with E-state index < -0.39 is 0 Å². The lowest BCUT2D eigenvalue weighted by atomic mass is 10.0. The van der Waals surface area contributed by atoms with Gasteiger partial charge < -0.3 is 15.7 Å². The van der Waals surface area contributed by atoms with Crippen molar-refractivity contribution in [3.8, 4) is 5.75 Å². The maximum Gasteiger partial charge on any atom is 0.319 e. The zero-order valence-electron chi connectivity index (χ0n) is 19.3. The van der Waals surface area contributed by atoms with E-state index in [1.54, 1.807) is 0 Å². The van der Waals surface area contributed by atoms with Crippen LogP contribution in [0.3, 0.4) is 0 Å². The van der Waals surface area contributed by atoms with E-state index >= 15 is 0 Å². The highest BCUT2D eigenvalue weighted by atomic mass is 35.5. The third-order valence-corrected chi connectivity index (χ3v) is 6.17. The Bertz CT molecular complexity index is 588. The van der Waals surface area contributed by atoms with E-state index in [1.807, 2.05) is 0 Å². The summed E-state index contributed by atoms with van der Waals surface area (Å²) in [5.41, 5.74) is 0.456. The van der Waals surface area contributed by atoms with Gasteiger partial charge in [0.2, 0.25) is 0 Å². The van der Waals surface area contributed by atoms with Crippen molar-refractivity contribution in [2.24, 2.45) is 0 Å². The van der Waals surface area contributed by atoms with Gasteiger partial charge in [0, 0.05) is 12.2 Å². The molecule has 0 radical (unpaired) electrons. The van der Waals surface area contributed by atoms with E-state index in [4.69, 9.17) is 23.2 Å². The molecule has 0 aliphatic carbocycles. The van der Waals surface area contributed by atoms with Crippen LogP contribution in [0.5, 0.6) is 5.75 Å². The third kappa shape index (κ3) is 14.5. The highest BCUT2D eigenvalue weighted by Gasteiger charge is 2.08. The molecule has 6 heteroatoms. The molecule has 0 spiro atoms. The van der Waals surface area contributed by atoms with Crippen molar-refractivity contribution < 1.29 is 9.90 Å². The van der Waals surface area contributed by atoms with Crippen LogP contribution in [0.4, 0.5) is 10.5 Å². The van der Waals surface area contributed by atoms with Crippen molar-refractivity contribution >= 4 is 34.9 Å². The second-order valence-electron chi connectivity index (χ2n) is 8.47. The smallest absolute Gasteiger partial charge is 0.319 e. The fourth-order valence-electron chi connectivity index (χ4n) is 3.69. The first-order valence-corrected chi connectivity index (χ1v) is 13.0. The minimum absolute atomic E-state index is 0.112. The first kappa shape index (κ1) is 27.9. The number of amides is 2. The third-order valence-electron chi connectivity index (χ3n) is 5.59. The van der Waals surface area contributed by atoms with Crippen molar-refractivity contribution in [3.05, 3.63) is 22.2 Å². The van der Waals surface area contributed by atoms with Gasteiger partial charge in [0.15, 0.2) is 5.75 Å². The fourth-order valence-corrected chi connectivity index (χ4v) is 4.18. The molecule has 0 heterocycles. The second-order valence-corrected chi connectivity index (χ2v) is 9.29. The Morgan fingerprint density at radius 1 is 0.742 bits per heavy atom. The second kappa shape index (κ2) is 18.4. The van der Waals surface area contributed by atoms with Gasteiger partial charge in [0.25, 0.3) is 0 Å². The minimum Gasteiger partial charge on any atom is -0.505 e. The van der Waals surface area contributed by atoms with Crippen LogP contribution in [0.25, 0.3) is 0 Å². The number of carbonyl (C=O) groups excluding carboxylic acids is 1. The summed E-state index contributed by atoms with van der Waals surface area (Å²) in [6.07, 6.45) is 21.3. The van der Waals surface area contributed by atoms with Gasteiger partial charge in [-0.1, -0.05) is 126 Å². The van der Waals surface area contributed by atoms with Crippen LogP contribution < -0.4 is 10.6 Å². The summed E-state index contributed by atoms with van der Waals surface area (Å²) in [6, 6.07) is 2.65. The van der Waals surface area contributed by atoms with Crippen LogP contribution in [0, 0.1) is 0 Å². The standard InChI is InChI=1S/C25H42Cl2N2O2/c1-2-3-4-5-6-7-8-9-10-11-12-13-14-15-16-17-18-28-25(31)29-21-19-22(26)24(30)23(27)20-21/h19-20,30H,2-18H2,1H3,(H2,28,29,31). The van der Waals surface area contributed by atoms with Gasteiger partial charge in [-0.25, -0.2) is 4.79 Å². The number of unbranched alkanes of at least 4 members (excludes halogenated alkanes) is 15. The Balaban J connectivity index is 1.87. The van der Waals surface area contributed by atoms with Crippen LogP contribution in [0.2, 0.25) is 10.0 Å². The summed E-state index contributed by atoms with van der Waals surface area (Å²) < 4.78 is 0. The summed E-state index contributed by atoms with van der Waals surface area (Å²) in [4.78, 5) is 11.9. The molecular formula is C25H42Cl2N2O2. The predicted molar refractivity (Wildman–Crippen MR) is 135 cm³/mol. The first-order chi connectivity index (χ1) is 15.0. The van der Waals surface area contributed by atoms with Crippen molar-refractivity contribution in [2.45, 2.75) is 110 Å². The molecule has 1 rings (SSSR count). The van der Waals surface area contributed by atoms with E-state index in [0.717, 1.165) is 12.8 Å². The highest BCUT2D eigenvalue weighted by Crippen LogP contribution is 2.34. The molecule has 2 amide bonds. The molecule has 0 saturated carbocycles. The fraction of sp³-hybridized carbons (Fsp3) is 0.720. The van der Waals surface area contributed by atoms with Crippen LogP contribution in [0.15, 0.2) is 12.1 Å². The van der Waals surface area contributed by atoms with Gasteiger partial charge in [-0.05, 0) is 18.6 Å². The molecule has 0 unspecified atom stereocenters. The zero-order valence-corrected chi connectivity index (χ0v) is 20.8. The summed E-state index contributed by atoms with van der Waals surface area (Å²) in [7, 11) is 0. The van der Waals surface area contributed by atoms with E-state index in [9.17, 15) is 9.90 Å². The number of phenolic OH excluding ortho intramolecular Hbond substituents is 1. The quantitative estimate of drug-likeness (QED) is 0.147. The molecule has 1 aromatic rings. The van der Waals surface area contributed by atoms with Gasteiger partial charge in [-0.2, -0.15) is 0 Å². The SMILES string of the molecule is CCCCCCCCCCCCCCCCCCNC(=O)Nc1cc(Cl)c(O)c(Cl)c1. The Kier molecular flexibility index (Phi) is 16.6. The molecule has 0 fully saturated rings. The summed E-state index contributed by atoms with van der Waals surface area (Å²) >= 11 is 11.7. The number of nitrogens with one attached hydrogen (secondary N) is 2. The van der Waals surface area contributed by atoms with Crippen molar-refractivity contribution in [1.29, 1.82) is 0 Å². The van der Waals surface area contributed by atoms with Gasteiger partial charge in [-0.15, -0.1) is 0 Å². The maximum absolute atomic E-state index is 11.9. The molecular weight excluding hydrogens is 431 g/mol. The lowest BCUT2D eigenvalue weighted by Crippen LogP contribution is -2.29. The molecule has 0 saturated heterocycles. The zero-order chi connectivity index (χ0) is 22.7. The summed E-state index contributed by atoms with van der Waals surface area (Å²) in [6.45, 7) is 2.91. The number of rotatable bonds is 18. The van der Waals surface area contributed by atoms with Gasteiger partial charge in [0.1, 0.15) is 0 Å². The number of phenols is 1. The lowest BCUT2D eigenvalue weighted by Gasteiger charge is -2.09. The van der Waals surface area contributed by atoms with Gasteiger partial charge >= 0.3 is 6.03 Å². The van der Waals surface area contributed by atoms with E-state index in [1.165, 1.54) is 102 Å². The van der Waals surface area contributed by atoms with Crippen LogP contribution in [-0.2, 0) is 0 Å². The number of aromatic hydroxyl groups is 1. The normalized spacial score (nSPS) is 10.9. The number of anilines is 1. The Labute approximate surface area is 199 Å². The van der Waals surface area contributed by atoms with E-state index in [-0.39, 0.29) is 21.8 Å². The van der Waals surface area contributed by atoms with Crippen molar-refractivity contribution in [1.82, 2.24) is 5.32 Å². The van der Waals surface area contributed by atoms with Crippen molar-refractivity contribution in [2.75, 3.05) is 11.9 Å². The molecule has 0 bridgehead atoms. The first-order valence-electron chi connectivity index (χ1n) is 12.3. The average molecular weight is 474 g/mol. The molecule has 3 N–H and O–H groups in total. The molecule has 31 heavy (non-hydrogen) atoms. The molecule has 1 aromatic carbocycles. The molecule has 0 atom stereocenters. The Morgan fingerprint density at radius 3 is 1.55 bits per heavy atom.